The molecule has 2 aromatic heterocycles. The number of aromatic nitrogens is 3. The van der Waals surface area contributed by atoms with Crippen molar-refractivity contribution < 1.29 is 18.0 Å². The number of benzene rings is 1. The highest BCUT2D eigenvalue weighted by Crippen LogP contribution is 2.41. The summed E-state index contributed by atoms with van der Waals surface area (Å²) in [5.74, 6) is -0.392. The average Bonchev–Trinajstić information content (AvgIpc) is 3.11. The zero-order chi connectivity index (χ0) is 19.6. The summed E-state index contributed by atoms with van der Waals surface area (Å²) in [4.78, 5) is 16.5. The predicted octanol–water partition coefficient (Wildman–Crippen LogP) is 5.49. The van der Waals surface area contributed by atoms with Gasteiger partial charge in [-0.05, 0) is 49.4 Å². The summed E-state index contributed by atoms with van der Waals surface area (Å²) < 4.78 is 40.7. The van der Waals surface area contributed by atoms with Crippen molar-refractivity contribution in [1.29, 1.82) is 0 Å². The van der Waals surface area contributed by atoms with Crippen LogP contribution >= 0.6 is 23.4 Å². The molecule has 0 aliphatic rings. The van der Waals surface area contributed by atoms with Gasteiger partial charge in [-0.1, -0.05) is 23.4 Å². The van der Waals surface area contributed by atoms with Crippen molar-refractivity contribution in [1.82, 2.24) is 14.8 Å². The fourth-order valence-corrected chi connectivity index (χ4v) is 3.63. The first-order valence-electron chi connectivity index (χ1n) is 7.80. The lowest BCUT2D eigenvalue weighted by Gasteiger charge is -2.16. The normalized spacial score (nSPS) is 12.8. The molecule has 1 atom stereocenters. The van der Waals surface area contributed by atoms with Gasteiger partial charge in [-0.2, -0.15) is 23.0 Å². The van der Waals surface area contributed by atoms with Gasteiger partial charge in [0.25, 0.3) is 5.91 Å². The van der Waals surface area contributed by atoms with E-state index in [0.29, 0.717) is 16.3 Å². The molecule has 0 aliphatic carbocycles. The van der Waals surface area contributed by atoms with Crippen LogP contribution in [0.15, 0.2) is 59.9 Å². The van der Waals surface area contributed by atoms with E-state index in [1.54, 1.807) is 37.3 Å². The van der Waals surface area contributed by atoms with Crippen molar-refractivity contribution in [2.75, 3.05) is 0 Å². The first kappa shape index (κ1) is 19.4. The molecule has 140 valence electrons. The summed E-state index contributed by atoms with van der Waals surface area (Å²) in [6.45, 7) is 1.70. The van der Waals surface area contributed by atoms with Crippen LogP contribution in [-0.4, -0.2) is 20.7 Å². The highest BCUT2D eigenvalue weighted by atomic mass is 35.5. The molecule has 0 N–H and O–H groups in total. The number of carbonyl (C=O) groups is 1. The summed E-state index contributed by atoms with van der Waals surface area (Å²) in [5.41, 5.74) is 0.0334. The number of alkyl halides is 3. The molecule has 4 nitrogen and oxygen atoms in total. The second-order valence-electron chi connectivity index (χ2n) is 5.59. The van der Waals surface area contributed by atoms with Crippen LogP contribution in [0.25, 0.3) is 0 Å². The third kappa shape index (κ3) is 4.33. The number of halogens is 4. The first-order valence-corrected chi connectivity index (χ1v) is 9.06. The molecule has 1 aromatic carbocycles. The van der Waals surface area contributed by atoms with E-state index in [1.807, 2.05) is 0 Å². The molecule has 0 radical (unpaired) electrons. The van der Waals surface area contributed by atoms with Crippen LogP contribution in [0.1, 0.15) is 33.8 Å². The van der Waals surface area contributed by atoms with Crippen LogP contribution in [0.5, 0.6) is 0 Å². The molecule has 9 heteroatoms. The molecule has 0 fully saturated rings. The number of hydrogen-bond donors (Lipinski definition) is 0. The van der Waals surface area contributed by atoms with E-state index in [-0.39, 0.29) is 5.03 Å². The Kier molecular flexibility index (Phi) is 5.57. The van der Waals surface area contributed by atoms with E-state index < -0.39 is 22.9 Å². The van der Waals surface area contributed by atoms with Crippen molar-refractivity contribution in [3.8, 4) is 0 Å². The van der Waals surface area contributed by atoms with Gasteiger partial charge in [-0.25, -0.2) is 4.98 Å². The molecule has 0 saturated carbocycles. The maximum atomic E-state index is 13.2. The van der Waals surface area contributed by atoms with E-state index in [0.717, 1.165) is 17.8 Å². The fraction of sp³-hybridized carbons (Fsp3) is 0.167. The number of carbonyl (C=O) groups excluding carboxylic acids is 1. The highest BCUT2D eigenvalue weighted by Gasteiger charge is 2.35. The Labute approximate surface area is 162 Å². The van der Waals surface area contributed by atoms with Gasteiger partial charge < -0.3 is 0 Å². The minimum absolute atomic E-state index is 0.149. The Hall–Kier alpha value is -2.32. The van der Waals surface area contributed by atoms with Crippen LogP contribution in [-0.2, 0) is 6.18 Å². The Morgan fingerprint density at radius 1 is 1.15 bits per heavy atom. The minimum Gasteiger partial charge on any atom is -0.267 e. The van der Waals surface area contributed by atoms with Gasteiger partial charge in [-0.15, -0.1) is 0 Å². The van der Waals surface area contributed by atoms with Gasteiger partial charge in [0.05, 0.1) is 16.5 Å². The van der Waals surface area contributed by atoms with Crippen LogP contribution in [0, 0.1) is 0 Å². The molecule has 0 saturated heterocycles. The third-order valence-corrected chi connectivity index (χ3v) is 5.13. The fourth-order valence-electron chi connectivity index (χ4n) is 2.43. The zero-order valence-electron chi connectivity index (χ0n) is 13.9. The summed E-state index contributed by atoms with van der Waals surface area (Å²) in [6, 6.07) is 10.1. The smallest absolute Gasteiger partial charge is 0.267 e. The Morgan fingerprint density at radius 2 is 1.85 bits per heavy atom. The van der Waals surface area contributed by atoms with Crippen LogP contribution in [0.4, 0.5) is 13.2 Å². The highest BCUT2D eigenvalue weighted by molar-refractivity contribution is 7.99. The molecule has 27 heavy (non-hydrogen) atoms. The van der Waals surface area contributed by atoms with Crippen LogP contribution < -0.4 is 0 Å². The second-order valence-corrected chi connectivity index (χ2v) is 7.36. The van der Waals surface area contributed by atoms with E-state index in [9.17, 15) is 18.0 Å². The van der Waals surface area contributed by atoms with Gasteiger partial charge in [0.15, 0.2) is 0 Å². The van der Waals surface area contributed by atoms with Gasteiger partial charge >= 0.3 is 6.18 Å². The summed E-state index contributed by atoms with van der Waals surface area (Å²) in [5, 5.41) is 3.88. The van der Waals surface area contributed by atoms with E-state index in [2.05, 4.69) is 10.1 Å². The lowest BCUT2D eigenvalue weighted by molar-refractivity contribution is -0.140. The van der Waals surface area contributed by atoms with Crippen molar-refractivity contribution in [2.24, 2.45) is 0 Å². The topological polar surface area (TPSA) is 47.8 Å². The molecule has 0 unspecified atom stereocenters. The molecule has 3 rings (SSSR count). The predicted molar refractivity (Wildman–Crippen MR) is 96.9 cm³/mol. The number of nitrogens with zero attached hydrogens (tertiary/aromatic N) is 3. The SMILES string of the molecule is C[C@@H](Sc1ncccc1C(F)(F)F)c1ccnn1C(=O)c1ccc(Cl)cc1. The third-order valence-electron chi connectivity index (χ3n) is 3.74. The maximum absolute atomic E-state index is 13.2. The molecule has 0 bridgehead atoms. The standard InChI is InChI=1S/C18H13ClF3N3OS/c1-11(27-16-14(18(20,21)22)3-2-9-23-16)15-8-10-24-25(15)17(26)12-4-6-13(19)7-5-12/h2-11H,1H3/t11-/m1/s1. The zero-order valence-corrected chi connectivity index (χ0v) is 15.5. The van der Waals surface area contributed by atoms with Gasteiger partial charge in [0.1, 0.15) is 5.03 Å². The van der Waals surface area contributed by atoms with Crippen molar-refractivity contribution >= 4 is 29.3 Å². The Bertz CT molecular complexity index is 957. The lowest BCUT2D eigenvalue weighted by atomic mass is 10.2. The molecular formula is C18H13ClF3N3OS. The minimum atomic E-state index is -4.50. The number of hydrogen-bond acceptors (Lipinski definition) is 4. The molecular weight excluding hydrogens is 399 g/mol. The monoisotopic (exact) mass is 411 g/mol. The Balaban J connectivity index is 1.88. The van der Waals surface area contributed by atoms with E-state index in [4.69, 9.17) is 11.6 Å². The molecule has 0 aliphatic heterocycles. The summed E-state index contributed by atoms with van der Waals surface area (Å²) in [6.07, 6.45) is -1.76. The van der Waals surface area contributed by atoms with Gasteiger partial charge in [-0.3, -0.25) is 4.79 Å². The summed E-state index contributed by atoms with van der Waals surface area (Å²) in [7, 11) is 0. The number of rotatable bonds is 4. The second kappa shape index (κ2) is 7.74. The van der Waals surface area contributed by atoms with Crippen LogP contribution in [0.2, 0.25) is 5.02 Å². The molecule has 3 aromatic rings. The first-order chi connectivity index (χ1) is 12.8. The lowest BCUT2D eigenvalue weighted by Crippen LogP contribution is -2.17. The number of pyridine rings is 1. The quantitative estimate of drug-likeness (QED) is 0.532. The maximum Gasteiger partial charge on any atom is 0.419 e. The van der Waals surface area contributed by atoms with E-state index >= 15 is 0 Å². The summed E-state index contributed by atoms with van der Waals surface area (Å²) >= 11 is 6.75. The largest absolute Gasteiger partial charge is 0.419 e. The van der Waals surface area contributed by atoms with Crippen LogP contribution in [0.3, 0.4) is 0 Å². The molecule has 0 amide bonds. The Morgan fingerprint density at radius 3 is 2.52 bits per heavy atom. The van der Waals surface area contributed by atoms with Crippen molar-refractivity contribution in [3.05, 3.63) is 76.7 Å². The molecule has 2 heterocycles. The average molecular weight is 412 g/mol. The van der Waals surface area contributed by atoms with Gasteiger partial charge in [0, 0.05) is 23.0 Å². The number of thioether (sulfide) groups is 1. The molecule has 0 spiro atoms. The van der Waals surface area contributed by atoms with Crippen molar-refractivity contribution in [3.63, 3.8) is 0 Å². The van der Waals surface area contributed by atoms with E-state index in [1.165, 1.54) is 23.1 Å². The van der Waals surface area contributed by atoms with Gasteiger partial charge in [0.2, 0.25) is 0 Å². The van der Waals surface area contributed by atoms with Crippen molar-refractivity contribution in [2.45, 2.75) is 23.4 Å².